The average Bonchev–Trinajstić information content (AvgIpc) is 3.85. The highest BCUT2D eigenvalue weighted by Crippen LogP contribution is 2.45. The Hall–Kier alpha value is -1.20. The molecule has 0 amide bonds. The number of aryl methyl sites for hydroxylation is 4. The van der Waals surface area contributed by atoms with Crippen LogP contribution in [0.4, 0.5) is 0 Å². The molecule has 4 rings (SSSR count). The van der Waals surface area contributed by atoms with E-state index in [0.29, 0.717) is 0 Å². The number of hydrogen-bond donors (Lipinski definition) is 0. The van der Waals surface area contributed by atoms with E-state index < -0.39 is 0 Å². The van der Waals surface area contributed by atoms with Crippen LogP contribution in [-0.2, 0) is 12.8 Å². The lowest BCUT2D eigenvalue weighted by molar-refractivity contribution is 0.556. The molecule has 262 valence electrons. The Balaban J connectivity index is 0.00000600. The summed E-state index contributed by atoms with van der Waals surface area (Å²) in [5, 5.41) is 0. The van der Waals surface area contributed by atoms with Crippen molar-refractivity contribution in [3.63, 3.8) is 0 Å². The van der Waals surface area contributed by atoms with Gasteiger partial charge in [-0.25, -0.2) is 0 Å². The van der Waals surface area contributed by atoms with Crippen LogP contribution < -0.4 is 0 Å². The van der Waals surface area contributed by atoms with Crippen LogP contribution in [0.3, 0.4) is 0 Å². The second kappa shape index (κ2) is 23.2. The molecular weight excluding hydrogens is 645 g/mol. The lowest BCUT2D eigenvalue weighted by Gasteiger charge is -2.04. The van der Waals surface area contributed by atoms with Gasteiger partial charge in [-0.05, 0) is 87.1 Å². The largest absolute Gasteiger partial charge is 0.139 e. The van der Waals surface area contributed by atoms with Gasteiger partial charge in [0.1, 0.15) is 0 Å². The first-order valence-electron chi connectivity index (χ1n) is 19.0. The first kappa shape index (κ1) is 40.2. The minimum atomic E-state index is 0. The fourth-order valence-corrected chi connectivity index (χ4v) is 11.2. The van der Waals surface area contributed by atoms with E-state index in [1.165, 1.54) is 180 Å². The van der Waals surface area contributed by atoms with Gasteiger partial charge < -0.3 is 0 Å². The molecular formula is C43H66S4. The monoisotopic (exact) mass is 710 g/mol. The van der Waals surface area contributed by atoms with E-state index in [-0.39, 0.29) is 7.43 Å². The smallest absolute Gasteiger partial charge is 0.0477 e. The van der Waals surface area contributed by atoms with Crippen LogP contribution in [0, 0.1) is 13.8 Å². The maximum Gasteiger partial charge on any atom is 0.0477 e. The lowest BCUT2D eigenvalue weighted by Crippen LogP contribution is -1.86. The Morgan fingerprint density at radius 3 is 1.02 bits per heavy atom. The molecule has 0 nitrogen and oxygen atoms in total. The van der Waals surface area contributed by atoms with Gasteiger partial charge in [0, 0.05) is 39.0 Å². The number of rotatable bonds is 25. The Morgan fingerprint density at radius 1 is 0.383 bits per heavy atom. The van der Waals surface area contributed by atoms with Crippen molar-refractivity contribution >= 4 is 45.3 Å². The Labute approximate surface area is 306 Å². The molecule has 0 unspecified atom stereocenters. The average molecular weight is 711 g/mol. The Morgan fingerprint density at radius 2 is 0.681 bits per heavy atom. The summed E-state index contributed by atoms with van der Waals surface area (Å²) in [5.41, 5.74) is 3.15. The third kappa shape index (κ3) is 13.9. The van der Waals surface area contributed by atoms with Gasteiger partial charge in [-0.1, -0.05) is 137 Å². The minimum absolute atomic E-state index is 0. The van der Waals surface area contributed by atoms with E-state index in [9.17, 15) is 0 Å². The molecule has 47 heavy (non-hydrogen) atoms. The van der Waals surface area contributed by atoms with Gasteiger partial charge in [0.05, 0.1) is 0 Å². The summed E-state index contributed by atoms with van der Waals surface area (Å²) in [4.78, 5) is 11.7. The van der Waals surface area contributed by atoms with Crippen molar-refractivity contribution < 1.29 is 0 Å². The summed E-state index contributed by atoms with van der Waals surface area (Å²) >= 11 is 7.98. The van der Waals surface area contributed by atoms with Gasteiger partial charge in [0.25, 0.3) is 0 Å². The van der Waals surface area contributed by atoms with Crippen LogP contribution in [0.2, 0.25) is 0 Å². The predicted octanol–water partition coefficient (Wildman–Crippen LogP) is 17.1. The van der Waals surface area contributed by atoms with Crippen LogP contribution in [0.1, 0.15) is 171 Å². The van der Waals surface area contributed by atoms with Crippen molar-refractivity contribution in [1.82, 2.24) is 0 Å². The van der Waals surface area contributed by atoms with Crippen LogP contribution >= 0.6 is 45.3 Å². The zero-order valence-corrected chi connectivity index (χ0v) is 32.9. The second-order valence-electron chi connectivity index (χ2n) is 13.6. The standard InChI is InChI=1S/C42H62S4.CH4/c1-5-7-9-11-13-15-17-19-21-23-25-35-31-33(3)43-41(35)39-29-27-37(45-39)38-28-30-40(46-38)42-36(32-34(4)44-42)26-24-22-20-18-16-14-12-10-8-6-2;/h27-32H,5-26H2,1-4H3;1H4. The maximum atomic E-state index is 2.46. The summed E-state index contributed by atoms with van der Waals surface area (Å²) in [6.45, 7) is 9.18. The van der Waals surface area contributed by atoms with Crippen molar-refractivity contribution in [2.45, 2.75) is 176 Å². The van der Waals surface area contributed by atoms with E-state index in [0.717, 1.165) is 0 Å². The summed E-state index contributed by atoms with van der Waals surface area (Å²) in [7, 11) is 0. The highest BCUT2D eigenvalue weighted by molar-refractivity contribution is 7.28. The van der Waals surface area contributed by atoms with Gasteiger partial charge in [-0.3, -0.25) is 0 Å². The van der Waals surface area contributed by atoms with Crippen LogP contribution in [-0.4, -0.2) is 0 Å². The quantitative estimate of drug-likeness (QED) is 0.0601. The molecule has 0 aliphatic carbocycles. The van der Waals surface area contributed by atoms with Crippen molar-refractivity contribution in [1.29, 1.82) is 0 Å². The fraction of sp³-hybridized carbons (Fsp3) is 0.628. The molecule has 0 saturated heterocycles. The van der Waals surface area contributed by atoms with Crippen LogP contribution in [0.15, 0.2) is 36.4 Å². The number of hydrogen-bond acceptors (Lipinski definition) is 4. The van der Waals surface area contributed by atoms with E-state index in [1.807, 2.05) is 45.3 Å². The van der Waals surface area contributed by atoms with Gasteiger partial charge in [0.15, 0.2) is 0 Å². The molecule has 0 N–H and O–H groups in total. The molecule has 4 aromatic rings. The van der Waals surface area contributed by atoms with Crippen molar-refractivity contribution in [2.24, 2.45) is 0 Å². The summed E-state index contributed by atoms with van der Waals surface area (Å²) < 4.78 is 0. The molecule has 0 fully saturated rings. The van der Waals surface area contributed by atoms with Gasteiger partial charge in [0.2, 0.25) is 0 Å². The molecule has 0 aliphatic heterocycles. The lowest BCUT2D eigenvalue weighted by atomic mass is 10.0. The summed E-state index contributed by atoms with van der Waals surface area (Å²) in [6.07, 6.45) is 30.5. The molecule has 0 radical (unpaired) electrons. The van der Waals surface area contributed by atoms with Crippen molar-refractivity contribution in [2.75, 3.05) is 0 Å². The van der Waals surface area contributed by atoms with Crippen LogP contribution in [0.25, 0.3) is 29.3 Å². The van der Waals surface area contributed by atoms with E-state index in [2.05, 4.69) is 64.1 Å². The number of thiophene rings is 4. The topological polar surface area (TPSA) is 0 Å². The first-order chi connectivity index (χ1) is 22.6. The second-order valence-corrected chi connectivity index (χ2v) is 18.3. The summed E-state index contributed by atoms with van der Waals surface area (Å²) in [5.74, 6) is 0. The molecule has 0 bridgehead atoms. The van der Waals surface area contributed by atoms with Gasteiger partial charge >= 0.3 is 0 Å². The Bertz CT molecular complexity index is 1260. The fourth-order valence-electron chi connectivity index (χ4n) is 6.71. The van der Waals surface area contributed by atoms with Gasteiger partial charge in [-0.15, -0.1) is 45.3 Å². The molecule has 4 heteroatoms. The molecule has 0 saturated carbocycles. The minimum Gasteiger partial charge on any atom is -0.139 e. The van der Waals surface area contributed by atoms with Crippen molar-refractivity contribution in [3.8, 4) is 29.3 Å². The summed E-state index contributed by atoms with van der Waals surface area (Å²) in [6, 6.07) is 14.5. The molecule has 0 aliphatic rings. The van der Waals surface area contributed by atoms with Crippen molar-refractivity contribution in [3.05, 3.63) is 57.3 Å². The molecule has 0 spiro atoms. The van der Waals surface area contributed by atoms with E-state index in [4.69, 9.17) is 0 Å². The zero-order chi connectivity index (χ0) is 32.4. The van der Waals surface area contributed by atoms with Crippen LogP contribution in [0.5, 0.6) is 0 Å². The Kier molecular flexibility index (Phi) is 19.9. The van der Waals surface area contributed by atoms with E-state index in [1.54, 1.807) is 11.1 Å². The predicted molar refractivity (Wildman–Crippen MR) is 222 cm³/mol. The molecule has 0 atom stereocenters. The highest BCUT2D eigenvalue weighted by atomic mass is 32.1. The first-order valence-corrected chi connectivity index (χ1v) is 22.2. The van der Waals surface area contributed by atoms with E-state index >= 15 is 0 Å². The molecule has 4 heterocycles. The molecule has 0 aromatic carbocycles. The third-order valence-corrected chi connectivity index (χ3v) is 14.3. The SMILES string of the molecule is C.CCCCCCCCCCCCc1cc(C)sc1-c1ccc(-c2ccc(-c3sc(C)cc3CCCCCCCCCCCC)s2)s1. The third-order valence-electron chi connectivity index (χ3n) is 9.37. The van der Waals surface area contributed by atoms with Gasteiger partial charge in [-0.2, -0.15) is 0 Å². The number of unbranched alkanes of at least 4 members (excludes halogenated alkanes) is 18. The highest BCUT2D eigenvalue weighted by Gasteiger charge is 2.16. The zero-order valence-electron chi connectivity index (χ0n) is 29.7. The molecule has 4 aromatic heterocycles. The normalized spacial score (nSPS) is 11.4. The maximum absolute atomic E-state index is 2.46.